The summed E-state index contributed by atoms with van der Waals surface area (Å²) in [5.41, 5.74) is 7.49. The molecule has 1 aromatic carbocycles. The van der Waals surface area contributed by atoms with E-state index >= 15 is 0 Å². The first-order chi connectivity index (χ1) is 10.2. The van der Waals surface area contributed by atoms with Crippen molar-refractivity contribution in [2.75, 3.05) is 18.9 Å². The van der Waals surface area contributed by atoms with Gasteiger partial charge in [0, 0.05) is 23.7 Å². The third-order valence-corrected chi connectivity index (χ3v) is 3.50. The number of benzene rings is 1. The van der Waals surface area contributed by atoms with Crippen LogP contribution in [0, 0.1) is 0 Å². The van der Waals surface area contributed by atoms with Gasteiger partial charge in [-0.15, -0.1) is 0 Å². The fraction of sp³-hybridized carbons (Fsp3) is 0.333. The molecule has 0 unspecified atom stereocenters. The van der Waals surface area contributed by atoms with Crippen LogP contribution in [0.15, 0.2) is 18.2 Å². The highest BCUT2D eigenvalue weighted by atomic mass is 35.5. The van der Waals surface area contributed by atoms with E-state index in [0.717, 1.165) is 24.1 Å². The molecule has 5 nitrogen and oxygen atoms in total. The topological polar surface area (TPSA) is 70.3 Å². The Morgan fingerprint density at radius 1 is 1.19 bits per heavy atom. The highest BCUT2D eigenvalue weighted by molar-refractivity contribution is 6.32. The van der Waals surface area contributed by atoms with Gasteiger partial charge in [0.15, 0.2) is 17.3 Å². The predicted octanol–water partition coefficient (Wildman–Crippen LogP) is 3.10. The summed E-state index contributed by atoms with van der Waals surface area (Å²) in [7, 11) is 0. The van der Waals surface area contributed by atoms with E-state index in [1.165, 1.54) is 0 Å². The molecule has 6 heteroatoms. The number of halogens is 1. The van der Waals surface area contributed by atoms with Crippen LogP contribution in [0.3, 0.4) is 0 Å². The van der Waals surface area contributed by atoms with Gasteiger partial charge in [-0.1, -0.05) is 18.5 Å². The zero-order valence-electron chi connectivity index (χ0n) is 11.7. The van der Waals surface area contributed by atoms with Gasteiger partial charge in [0.1, 0.15) is 5.82 Å². The van der Waals surface area contributed by atoms with E-state index in [4.69, 9.17) is 26.8 Å². The average Bonchev–Trinajstić information content (AvgIpc) is 2.72. The zero-order valence-corrected chi connectivity index (χ0v) is 12.5. The van der Waals surface area contributed by atoms with Crippen LogP contribution >= 0.6 is 11.6 Å². The van der Waals surface area contributed by atoms with Crippen molar-refractivity contribution >= 4 is 17.4 Å². The van der Waals surface area contributed by atoms with Gasteiger partial charge in [0.05, 0.1) is 18.2 Å². The average molecular weight is 306 g/mol. The predicted molar refractivity (Wildman–Crippen MR) is 81.9 cm³/mol. The summed E-state index contributed by atoms with van der Waals surface area (Å²) >= 11 is 6.29. The Hall–Kier alpha value is -2.01. The first-order valence-electron chi connectivity index (χ1n) is 6.90. The zero-order chi connectivity index (χ0) is 14.8. The Labute approximate surface area is 128 Å². The second kappa shape index (κ2) is 5.77. The summed E-state index contributed by atoms with van der Waals surface area (Å²) in [6, 6.07) is 5.40. The van der Waals surface area contributed by atoms with Crippen LogP contribution in [-0.4, -0.2) is 23.2 Å². The maximum absolute atomic E-state index is 6.29. The van der Waals surface area contributed by atoms with E-state index < -0.39 is 0 Å². The molecule has 0 bridgehead atoms. The molecule has 2 N–H and O–H groups in total. The maximum Gasteiger partial charge on any atom is 0.179 e. The van der Waals surface area contributed by atoms with Crippen LogP contribution in [0.4, 0.5) is 5.82 Å². The molecule has 0 saturated heterocycles. The lowest BCUT2D eigenvalue weighted by molar-refractivity contribution is 0.297. The third kappa shape index (κ3) is 2.88. The number of hydrogen-bond acceptors (Lipinski definition) is 5. The van der Waals surface area contributed by atoms with Crippen molar-refractivity contribution in [2.24, 2.45) is 0 Å². The van der Waals surface area contributed by atoms with Gasteiger partial charge in [0.2, 0.25) is 0 Å². The smallest absolute Gasteiger partial charge is 0.179 e. The maximum atomic E-state index is 6.29. The minimum absolute atomic E-state index is 0.445. The molecule has 110 valence electrons. The van der Waals surface area contributed by atoms with E-state index in [-0.39, 0.29) is 0 Å². The number of aryl methyl sites for hydroxylation is 1. The van der Waals surface area contributed by atoms with E-state index in [9.17, 15) is 0 Å². The molecule has 0 saturated carbocycles. The van der Waals surface area contributed by atoms with Crippen LogP contribution < -0.4 is 15.2 Å². The number of fused-ring (bicyclic) bond motifs is 1. The van der Waals surface area contributed by atoms with E-state index in [1.54, 1.807) is 12.1 Å². The Balaban J connectivity index is 2.09. The molecule has 2 aromatic rings. The molecule has 2 heterocycles. The summed E-state index contributed by atoms with van der Waals surface area (Å²) in [6.45, 7) is 3.22. The third-order valence-electron chi connectivity index (χ3n) is 3.22. The number of anilines is 1. The number of rotatable bonds is 2. The minimum atomic E-state index is 0.445. The molecule has 1 aliphatic rings. The van der Waals surface area contributed by atoms with Crippen LogP contribution in [-0.2, 0) is 6.42 Å². The largest absolute Gasteiger partial charge is 0.489 e. The molecular formula is C15H16ClN3O2. The summed E-state index contributed by atoms with van der Waals surface area (Å²) in [5, 5.41) is 0.494. The standard InChI is InChI=1S/C15H16ClN3O2/c1-2-10-8-13(17)19-15(18-10)9-6-11(16)14-12(7-9)20-4-3-5-21-14/h6-8H,2-5H2,1H3,(H2,17,18,19). The van der Waals surface area contributed by atoms with Crippen LogP contribution in [0.5, 0.6) is 11.5 Å². The Bertz CT molecular complexity index is 676. The minimum Gasteiger partial charge on any atom is -0.489 e. The van der Waals surface area contributed by atoms with Gasteiger partial charge >= 0.3 is 0 Å². The van der Waals surface area contributed by atoms with E-state index in [2.05, 4.69) is 9.97 Å². The van der Waals surface area contributed by atoms with Gasteiger partial charge in [0.25, 0.3) is 0 Å². The molecule has 0 fully saturated rings. The van der Waals surface area contributed by atoms with Crippen LogP contribution in [0.1, 0.15) is 19.0 Å². The lowest BCUT2D eigenvalue weighted by atomic mass is 10.1. The number of ether oxygens (including phenoxy) is 2. The van der Waals surface area contributed by atoms with Crippen molar-refractivity contribution in [1.29, 1.82) is 0 Å². The number of nitrogen functional groups attached to an aromatic ring is 1. The summed E-state index contributed by atoms with van der Waals surface area (Å²) in [6.07, 6.45) is 1.62. The molecule has 1 aromatic heterocycles. The molecule has 0 radical (unpaired) electrons. The lowest BCUT2D eigenvalue weighted by Gasteiger charge is -2.11. The molecule has 0 atom stereocenters. The van der Waals surface area contributed by atoms with Crippen molar-refractivity contribution in [3.63, 3.8) is 0 Å². The fourth-order valence-corrected chi connectivity index (χ4v) is 2.45. The normalized spacial score (nSPS) is 13.8. The van der Waals surface area contributed by atoms with Crippen molar-refractivity contribution in [1.82, 2.24) is 9.97 Å². The molecular weight excluding hydrogens is 290 g/mol. The highest BCUT2D eigenvalue weighted by Crippen LogP contribution is 2.40. The molecule has 0 amide bonds. The van der Waals surface area contributed by atoms with Crippen LogP contribution in [0.2, 0.25) is 5.02 Å². The number of hydrogen-bond donors (Lipinski definition) is 1. The molecule has 0 aliphatic carbocycles. The highest BCUT2D eigenvalue weighted by Gasteiger charge is 2.17. The number of nitrogens with two attached hydrogens (primary N) is 1. The summed E-state index contributed by atoms with van der Waals surface area (Å²) < 4.78 is 11.3. The van der Waals surface area contributed by atoms with Gasteiger partial charge in [-0.25, -0.2) is 9.97 Å². The van der Waals surface area contributed by atoms with Crippen molar-refractivity contribution in [3.05, 3.63) is 28.9 Å². The Morgan fingerprint density at radius 2 is 2.00 bits per heavy atom. The Morgan fingerprint density at radius 3 is 2.81 bits per heavy atom. The second-order valence-electron chi connectivity index (χ2n) is 4.80. The molecule has 1 aliphatic heterocycles. The van der Waals surface area contributed by atoms with Gasteiger partial charge in [-0.2, -0.15) is 0 Å². The summed E-state index contributed by atoms with van der Waals surface area (Å²) in [4.78, 5) is 8.77. The summed E-state index contributed by atoms with van der Waals surface area (Å²) in [5.74, 6) is 2.20. The van der Waals surface area contributed by atoms with Gasteiger partial charge < -0.3 is 15.2 Å². The number of aromatic nitrogens is 2. The Kier molecular flexibility index (Phi) is 3.84. The fourth-order valence-electron chi connectivity index (χ4n) is 2.19. The SMILES string of the molecule is CCc1cc(N)nc(-c2cc(Cl)c3c(c2)OCCCO3)n1. The van der Waals surface area contributed by atoms with Crippen LogP contribution in [0.25, 0.3) is 11.4 Å². The van der Waals surface area contributed by atoms with E-state index in [1.807, 2.05) is 13.0 Å². The van der Waals surface area contributed by atoms with Crippen molar-refractivity contribution in [2.45, 2.75) is 19.8 Å². The first kappa shape index (κ1) is 13.9. The molecule has 3 rings (SSSR count). The van der Waals surface area contributed by atoms with Crippen molar-refractivity contribution in [3.8, 4) is 22.9 Å². The van der Waals surface area contributed by atoms with Gasteiger partial charge in [-0.3, -0.25) is 0 Å². The monoisotopic (exact) mass is 305 g/mol. The second-order valence-corrected chi connectivity index (χ2v) is 5.20. The molecule has 0 spiro atoms. The van der Waals surface area contributed by atoms with E-state index in [0.29, 0.717) is 41.4 Å². The quantitative estimate of drug-likeness (QED) is 0.923. The van der Waals surface area contributed by atoms with Crippen molar-refractivity contribution < 1.29 is 9.47 Å². The van der Waals surface area contributed by atoms with Gasteiger partial charge in [-0.05, 0) is 18.6 Å². The number of nitrogens with zero attached hydrogens (tertiary/aromatic N) is 2. The molecule has 21 heavy (non-hydrogen) atoms. The lowest BCUT2D eigenvalue weighted by Crippen LogP contribution is -2.00. The first-order valence-corrected chi connectivity index (χ1v) is 7.28.